The highest BCUT2D eigenvalue weighted by Gasteiger charge is 2.32. The Morgan fingerprint density at radius 3 is 2.81 bits per heavy atom. The molecule has 3 atom stereocenters. The van der Waals surface area contributed by atoms with Gasteiger partial charge in [-0.05, 0) is 74.3 Å². The zero-order valence-electron chi connectivity index (χ0n) is 21.6. The maximum Gasteiger partial charge on any atom is 0.223 e. The number of nitrogens with zero attached hydrogens (tertiary/aromatic N) is 4. The fourth-order valence-electron chi connectivity index (χ4n) is 6.06. The summed E-state index contributed by atoms with van der Waals surface area (Å²) in [6.07, 6.45) is 12.1. The van der Waals surface area contributed by atoms with Crippen LogP contribution in [0.25, 0.3) is 22.0 Å². The number of fused-ring (bicyclic) bond motifs is 1. The molecular formula is C31H36N4O2. The molecule has 2 aromatic carbocycles. The lowest BCUT2D eigenvalue weighted by molar-refractivity contribution is -0.131. The molecule has 0 N–H and O–H groups in total. The Morgan fingerprint density at radius 2 is 1.97 bits per heavy atom. The van der Waals surface area contributed by atoms with Crippen LogP contribution >= 0.6 is 0 Å². The van der Waals surface area contributed by atoms with Crippen molar-refractivity contribution in [3.8, 4) is 11.1 Å². The number of ether oxygens (including phenoxy) is 1. The van der Waals surface area contributed by atoms with Crippen molar-refractivity contribution in [3.05, 3.63) is 78.8 Å². The van der Waals surface area contributed by atoms with Crippen LogP contribution in [0.1, 0.15) is 50.8 Å². The summed E-state index contributed by atoms with van der Waals surface area (Å²) in [5, 5.41) is 5.82. The lowest BCUT2D eigenvalue weighted by atomic mass is 10.1. The van der Waals surface area contributed by atoms with Crippen molar-refractivity contribution < 1.29 is 9.53 Å². The molecule has 0 aliphatic carbocycles. The molecule has 0 radical (unpaired) electrons. The molecule has 0 saturated carbocycles. The third kappa shape index (κ3) is 5.21. The lowest BCUT2D eigenvalue weighted by Gasteiger charge is -2.22. The number of benzene rings is 2. The molecule has 37 heavy (non-hydrogen) atoms. The van der Waals surface area contributed by atoms with Crippen LogP contribution in [0.4, 0.5) is 0 Å². The molecule has 6 nitrogen and oxygen atoms in total. The molecule has 0 spiro atoms. The van der Waals surface area contributed by atoms with Crippen molar-refractivity contribution >= 4 is 16.8 Å². The molecule has 4 heterocycles. The molecule has 3 unspecified atom stereocenters. The Kier molecular flexibility index (Phi) is 6.83. The van der Waals surface area contributed by atoms with Crippen LogP contribution in [0, 0.1) is 5.92 Å². The van der Waals surface area contributed by atoms with E-state index in [0.717, 1.165) is 50.9 Å². The van der Waals surface area contributed by atoms with Crippen LogP contribution in [0.5, 0.6) is 0 Å². The molecule has 2 aromatic heterocycles. The molecule has 192 valence electrons. The molecular weight excluding hydrogens is 460 g/mol. The minimum Gasteiger partial charge on any atom is -0.357 e. The van der Waals surface area contributed by atoms with Gasteiger partial charge in [-0.25, -0.2) is 4.68 Å². The summed E-state index contributed by atoms with van der Waals surface area (Å²) in [4.78, 5) is 15.1. The standard InChI is InChI=1S/C31H36N4O2/c1-23-17-25(21-34(23)30(36)13-10-24-7-3-2-4-8-24)20-33-15-14-27-18-26(11-12-29(27)33)28-19-32-35(22-28)31-9-5-6-16-37-31/h2-4,7-8,11-12,14-15,18-19,22-23,25,31H,5-6,9-10,13,16-17,20-21H2,1H3. The Hall–Kier alpha value is -3.38. The number of aromatic nitrogens is 3. The van der Waals surface area contributed by atoms with E-state index in [1.807, 2.05) is 29.1 Å². The third-order valence-corrected chi connectivity index (χ3v) is 8.06. The number of hydrogen-bond donors (Lipinski definition) is 0. The smallest absolute Gasteiger partial charge is 0.223 e. The largest absolute Gasteiger partial charge is 0.357 e. The second-order valence-electron chi connectivity index (χ2n) is 10.8. The number of amides is 1. The minimum absolute atomic E-state index is 0.0610. The first-order valence-corrected chi connectivity index (χ1v) is 13.7. The van der Waals surface area contributed by atoms with Gasteiger partial charge in [0.1, 0.15) is 6.23 Å². The fraction of sp³-hybridized carbons (Fsp3) is 0.419. The minimum atomic E-state index is 0.0610. The number of likely N-dealkylation sites (tertiary alicyclic amines) is 1. The maximum absolute atomic E-state index is 13.0. The van der Waals surface area contributed by atoms with Crippen LogP contribution in [0.2, 0.25) is 0 Å². The first-order chi connectivity index (χ1) is 18.1. The highest BCUT2D eigenvalue weighted by molar-refractivity contribution is 5.85. The van der Waals surface area contributed by atoms with Crippen molar-refractivity contribution in [1.29, 1.82) is 0 Å². The summed E-state index contributed by atoms with van der Waals surface area (Å²) in [5.41, 5.74) is 4.77. The SMILES string of the molecule is CC1CC(Cn2ccc3cc(-c4cnn(C5CCCCO5)c4)ccc32)CN1C(=O)CCc1ccccc1. The van der Waals surface area contributed by atoms with Gasteiger partial charge in [-0.2, -0.15) is 5.10 Å². The van der Waals surface area contributed by atoms with E-state index >= 15 is 0 Å². The molecule has 4 aromatic rings. The van der Waals surface area contributed by atoms with Crippen LogP contribution in [-0.4, -0.2) is 44.3 Å². The lowest BCUT2D eigenvalue weighted by Crippen LogP contribution is -2.34. The summed E-state index contributed by atoms with van der Waals surface area (Å²) in [5.74, 6) is 0.750. The fourth-order valence-corrected chi connectivity index (χ4v) is 6.06. The maximum atomic E-state index is 13.0. The van der Waals surface area contributed by atoms with E-state index in [9.17, 15) is 4.79 Å². The van der Waals surface area contributed by atoms with Crippen molar-refractivity contribution in [2.24, 2.45) is 5.92 Å². The second kappa shape index (κ2) is 10.5. The number of carbonyl (C=O) groups is 1. The van der Waals surface area contributed by atoms with Gasteiger partial charge in [0.2, 0.25) is 5.91 Å². The van der Waals surface area contributed by atoms with Gasteiger partial charge in [0, 0.05) is 61.0 Å². The highest BCUT2D eigenvalue weighted by atomic mass is 16.5. The Bertz CT molecular complexity index is 1350. The van der Waals surface area contributed by atoms with Crippen LogP contribution in [-0.2, 0) is 22.5 Å². The summed E-state index contributed by atoms with van der Waals surface area (Å²) in [6.45, 7) is 4.79. The second-order valence-corrected chi connectivity index (χ2v) is 10.8. The number of rotatable bonds is 7. The van der Waals surface area contributed by atoms with Gasteiger partial charge in [0.25, 0.3) is 0 Å². The van der Waals surface area contributed by atoms with Crippen molar-refractivity contribution in [2.45, 2.75) is 64.3 Å². The van der Waals surface area contributed by atoms with Crippen LogP contribution < -0.4 is 0 Å². The molecule has 2 aliphatic heterocycles. The number of aryl methyl sites for hydroxylation is 1. The summed E-state index contributed by atoms with van der Waals surface area (Å²) in [6, 6.07) is 19.5. The third-order valence-electron chi connectivity index (χ3n) is 8.06. The van der Waals surface area contributed by atoms with Gasteiger partial charge in [0.05, 0.1) is 6.20 Å². The highest BCUT2D eigenvalue weighted by Crippen LogP contribution is 2.30. The average molecular weight is 497 g/mol. The molecule has 1 amide bonds. The van der Waals surface area contributed by atoms with E-state index in [1.54, 1.807) is 0 Å². The van der Waals surface area contributed by atoms with E-state index in [2.05, 4.69) is 70.3 Å². The molecule has 6 heteroatoms. The van der Waals surface area contributed by atoms with E-state index in [0.29, 0.717) is 18.4 Å². The van der Waals surface area contributed by atoms with Gasteiger partial charge in [0.15, 0.2) is 0 Å². The van der Waals surface area contributed by atoms with E-state index in [1.165, 1.54) is 28.5 Å². The average Bonchev–Trinajstić information content (AvgIpc) is 3.67. The van der Waals surface area contributed by atoms with Gasteiger partial charge >= 0.3 is 0 Å². The molecule has 6 rings (SSSR count). The van der Waals surface area contributed by atoms with Crippen LogP contribution in [0.3, 0.4) is 0 Å². The normalized spacial score (nSPS) is 22.1. The van der Waals surface area contributed by atoms with Crippen LogP contribution in [0.15, 0.2) is 73.2 Å². The molecule has 2 saturated heterocycles. The first-order valence-electron chi connectivity index (χ1n) is 13.7. The van der Waals surface area contributed by atoms with E-state index in [4.69, 9.17) is 4.74 Å². The molecule has 2 fully saturated rings. The van der Waals surface area contributed by atoms with Gasteiger partial charge < -0.3 is 14.2 Å². The molecule has 0 bridgehead atoms. The van der Waals surface area contributed by atoms with Crippen molar-refractivity contribution in [2.75, 3.05) is 13.2 Å². The number of carbonyl (C=O) groups excluding carboxylic acids is 1. The topological polar surface area (TPSA) is 52.3 Å². The van der Waals surface area contributed by atoms with Gasteiger partial charge in [-0.15, -0.1) is 0 Å². The van der Waals surface area contributed by atoms with E-state index in [-0.39, 0.29) is 12.1 Å². The Balaban J connectivity index is 1.10. The quantitative estimate of drug-likeness (QED) is 0.312. The first kappa shape index (κ1) is 24.0. The van der Waals surface area contributed by atoms with E-state index < -0.39 is 0 Å². The summed E-state index contributed by atoms with van der Waals surface area (Å²) in [7, 11) is 0. The van der Waals surface area contributed by atoms with Crippen molar-refractivity contribution in [3.63, 3.8) is 0 Å². The zero-order chi connectivity index (χ0) is 25.2. The Morgan fingerprint density at radius 1 is 1.08 bits per heavy atom. The summed E-state index contributed by atoms with van der Waals surface area (Å²) >= 11 is 0. The Labute approximate surface area is 218 Å². The predicted molar refractivity (Wildman–Crippen MR) is 146 cm³/mol. The van der Waals surface area contributed by atoms with Crippen molar-refractivity contribution in [1.82, 2.24) is 19.2 Å². The molecule has 2 aliphatic rings. The monoisotopic (exact) mass is 496 g/mol. The van der Waals surface area contributed by atoms with Gasteiger partial charge in [-0.1, -0.05) is 36.4 Å². The number of hydrogen-bond acceptors (Lipinski definition) is 3. The van der Waals surface area contributed by atoms with Gasteiger partial charge in [-0.3, -0.25) is 4.79 Å². The zero-order valence-corrected chi connectivity index (χ0v) is 21.6. The summed E-state index contributed by atoms with van der Waals surface area (Å²) < 4.78 is 10.2. The predicted octanol–water partition coefficient (Wildman–Crippen LogP) is 6.07.